The number of carbonyl (C=O) groups excluding carboxylic acids is 2. The van der Waals surface area contributed by atoms with Crippen LogP contribution in [-0.2, 0) is 32.7 Å². The largest absolute Gasteiger partial charge is 0.480 e. The molecule has 0 saturated heterocycles. The number of amides is 1. The first-order chi connectivity index (χ1) is 33.1. The van der Waals surface area contributed by atoms with Crippen LogP contribution in [0.5, 0.6) is 0 Å². The molecule has 4 N–H and O–H groups in total. The number of allylic oxidation sites excluding steroid dienone is 18. The van der Waals surface area contributed by atoms with Crippen molar-refractivity contribution in [2.75, 3.05) is 19.8 Å². The van der Waals surface area contributed by atoms with Crippen molar-refractivity contribution in [3.63, 3.8) is 0 Å². The van der Waals surface area contributed by atoms with Crippen molar-refractivity contribution in [2.45, 2.75) is 206 Å². The number of nitrogens with one attached hydrogen (secondary N) is 1. The Balaban J connectivity index is 3.92. The van der Waals surface area contributed by atoms with Gasteiger partial charge in [-0.3, -0.25) is 18.6 Å². The zero-order valence-electron chi connectivity index (χ0n) is 42.1. The summed E-state index contributed by atoms with van der Waals surface area (Å²) in [7, 11) is -4.78. The van der Waals surface area contributed by atoms with E-state index in [4.69, 9.17) is 13.8 Å². The smallest absolute Gasteiger partial charge is 0.472 e. The Morgan fingerprint density at radius 3 is 1.28 bits per heavy atom. The lowest BCUT2D eigenvalue weighted by Crippen LogP contribution is -2.43. The first kappa shape index (κ1) is 64.1. The number of phosphoric acid groups is 1. The Labute approximate surface area is 412 Å². The molecule has 0 saturated carbocycles. The summed E-state index contributed by atoms with van der Waals surface area (Å²) in [6.07, 6.45) is 65.3. The van der Waals surface area contributed by atoms with Crippen molar-refractivity contribution in [2.24, 2.45) is 0 Å². The van der Waals surface area contributed by atoms with Crippen LogP contribution in [0.25, 0.3) is 0 Å². The van der Waals surface area contributed by atoms with Crippen LogP contribution >= 0.6 is 7.82 Å². The summed E-state index contributed by atoms with van der Waals surface area (Å²) in [5, 5.41) is 21.9. The summed E-state index contributed by atoms with van der Waals surface area (Å²) in [5.74, 6) is -2.43. The predicted octanol–water partition coefficient (Wildman–Crippen LogP) is 14.6. The second-order valence-electron chi connectivity index (χ2n) is 17.0. The number of carboxylic acids is 1. The molecule has 0 rings (SSSR count). The van der Waals surface area contributed by atoms with Crippen molar-refractivity contribution in [1.29, 1.82) is 0 Å². The molecule has 0 heterocycles. The molecule has 68 heavy (non-hydrogen) atoms. The third-order valence-corrected chi connectivity index (χ3v) is 11.5. The highest BCUT2D eigenvalue weighted by molar-refractivity contribution is 7.47. The van der Waals surface area contributed by atoms with E-state index in [0.717, 1.165) is 103 Å². The van der Waals surface area contributed by atoms with Crippen LogP contribution in [0.15, 0.2) is 109 Å². The number of ether oxygens (including phenoxy) is 1. The molecule has 3 unspecified atom stereocenters. The highest BCUT2D eigenvalue weighted by atomic mass is 31.2. The molecule has 0 aliphatic carbocycles. The molecule has 0 bridgehead atoms. The summed E-state index contributed by atoms with van der Waals surface area (Å²) in [5.41, 5.74) is 0. The number of phosphoric ester groups is 1. The number of esters is 1. The predicted molar refractivity (Wildman–Crippen MR) is 281 cm³/mol. The summed E-state index contributed by atoms with van der Waals surface area (Å²) in [6.45, 7) is 2.43. The van der Waals surface area contributed by atoms with E-state index in [0.29, 0.717) is 12.8 Å². The first-order valence-corrected chi connectivity index (χ1v) is 27.4. The lowest BCUT2D eigenvalue weighted by Gasteiger charge is -2.18. The fraction of sp³-hybridized carbons (Fsp3) is 0.625. The fourth-order valence-corrected chi connectivity index (χ4v) is 7.33. The summed E-state index contributed by atoms with van der Waals surface area (Å²) in [6, 6.07) is -1.57. The number of aliphatic hydroxyl groups is 1. The van der Waals surface area contributed by atoms with Crippen LogP contribution in [0.3, 0.4) is 0 Å². The molecule has 12 heteroatoms. The average molecular weight is 970 g/mol. The number of carboxylic acid groups (broad SMARTS) is 1. The van der Waals surface area contributed by atoms with Gasteiger partial charge in [-0.05, 0) is 103 Å². The van der Waals surface area contributed by atoms with E-state index in [2.05, 4.69) is 129 Å². The SMILES string of the molecule is CC/C=C\C/C=C\C/C=C\C/C=C\C/C=C\C/C=C\CCCCCCC(=O)NC(COP(=O)(O)OCC(O)COC(=O)CCCCCCCCCC/C=C\C/C=C\C/C=C\CCCCC)C(=O)O. The molecular weight excluding hydrogens is 878 g/mol. The molecule has 0 fully saturated rings. The second-order valence-corrected chi connectivity index (χ2v) is 18.4. The van der Waals surface area contributed by atoms with Gasteiger partial charge in [-0.1, -0.05) is 187 Å². The van der Waals surface area contributed by atoms with Crippen LogP contribution in [-0.4, -0.2) is 64.9 Å². The number of hydrogen-bond donors (Lipinski definition) is 4. The third kappa shape index (κ3) is 48.6. The van der Waals surface area contributed by atoms with Gasteiger partial charge in [-0.2, -0.15) is 0 Å². The van der Waals surface area contributed by atoms with Crippen molar-refractivity contribution < 1.29 is 47.8 Å². The minimum atomic E-state index is -4.78. The van der Waals surface area contributed by atoms with Gasteiger partial charge in [0, 0.05) is 12.8 Å². The summed E-state index contributed by atoms with van der Waals surface area (Å²) in [4.78, 5) is 46.2. The molecule has 0 aliphatic rings. The molecule has 386 valence electrons. The van der Waals surface area contributed by atoms with E-state index in [1.54, 1.807) is 0 Å². The van der Waals surface area contributed by atoms with Gasteiger partial charge in [-0.25, -0.2) is 9.36 Å². The monoisotopic (exact) mass is 970 g/mol. The standard InChI is InChI=1S/C56H92NO10P/c1-3-5-7-9-11-13-15-17-19-21-23-25-26-28-29-31-33-35-37-39-41-43-45-47-54(59)57-53(56(61)62)51-67-68(63,64)66-50-52(58)49-65-55(60)48-46-44-42-40-38-36-34-32-30-27-24-22-20-18-16-14-12-10-8-6-4-2/h5,7,11-14,17-20,23-25,27-29,33,35,52-53,58H,3-4,6,8-10,15-16,21-22,26,30-32,34,36-51H2,1-2H3,(H,57,59)(H,61,62)(H,63,64)/b7-5-,13-11-,14-12-,19-17-,20-18-,25-23-,27-24-,29-28-,35-33-. The van der Waals surface area contributed by atoms with Crippen molar-refractivity contribution in [3.05, 3.63) is 109 Å². The van der Waals surface area contributed by atoms with E-state index >= 15 is 0 Å². The highest BCUT2D eigenvalue weighted by Gasteiger charge is 2.28. The summed E-state index contributed by atoms with van der Waals surface area (Å²) >= 11 is 0. The molecule has 0 aromatic rings. The van der Waals surface area contributed by atoms with Gasteiger partial charge in [0.05, 0.1) is 13.2 Å². The zero-order valence-corrected chi connectivity index (χ0v) is 43.0. The van der Waals surface area contributed by atoms with Crippen LogP contribution in [0.2, 0.25) is 0 Å². The molecule has 0 aliphatic heterocycles. The van der Waals surface area contributed by atoms with E-state index < -0.39 is 57.6 Å². The lowest BCUT2D eigenvalue weighted by molar-refractivity contribution is -0.147. The van der Waals surface area contributed by atoms with Crippen LogP contribution < -0.4 is 5.32 Å². The van der Waals surface area contributed by atoms with E-state index in [-0.39, 0.29) is 12.8 Å². The normalized spacial score (nSPS) is 14.4. The maximum atomic E-state index is 12.4. The Kier molecular flexibility index (Phi) is 46.7. The Morgan fingerprint density at radius 2 is 0.853 bits per heavy atom. The number of rotatable bonds is 47. The van der Waals surface area contributed by atoms with Gasteiger partial charge >= 0.3 is 19.8 Å². The van der Waals surface area contributed by atoms with Crippen LogP contribution in [0, 0.1) is 0 Å². The molecule has 0 aromatic carbocycles. The number of aliphatic hydroxyl groups excluding tert-OH is 1. The van der Waals surface area contributed by atoms with Gasteiger partial charge in [0.1, 0.15) is 12.7 Å². The number of unbranched alkanes of at least 4 members (excludes halogenated alkanes) is 15. The first-order valence-electron chi connectivity index (χ1n) is 25.9. The van der Waals surface area contributed by atoms with Gasteiger partial charge in [0.2, 0.25) is 5.91 Å². The van der Waals surface area contributed by atoms with Gasteiger partial charge in [-0.15, -0.1) is 0 Å². The molecule has 0 radical (unpaired) electrons. The van der Waals surface area contributed by atoms with Gasteiger partial charge in [0.25, 0.3) is 0 Å². The Morgan fingerprint density at radius 1 is 0.485 bits per heavy atom. The molecule has 3 atom stereocenters. The topological polar surface area (TPSA) is 169 Å². The molecule has 1 amide bonds. The Bertz CT molecular complexity index is 1560. The van der Waals surface area contributed by atoms with Crippen molar-refractivity contribution in [3.8, 4) is 0 Å². The number of carbonyl (C=O) groups is 3. The van der Waals surface area contributed by atoms with Gasteiger partial charge in [0.15, 0.2) is 6.04 Å². The van der Waals surface area contributed by atoms with Crippen molar-refractivity contribution in [1.82, 2.24) is 5.32 Å². The third-order valence-electron chi connectivity index (χ3n) is 10.5. The molecule has 11 nitrogen and oxygen atoms in total. The van der Waals surface area contributed by atoms with E-state index in [1.807, 2.05) is 0 Å². The zero-order chi connectivity index (χ0) is 49.9. The minimum absolute atomic E-state index is 0.109. The van der Waals surface area contributed by atoms with E-state index in [1.165, 1.54) is 51.4 Å². The molecule has 0 aromatic heterocycles. The molecule has 0 spiro atoms. The maximum absolute atomic E-state index is 12.4. The summed E-state index contributed by atoms with van der Waals surface area (Å²) < 4.78 is 26.9. The minimum Gasteiger partial charge on any atom is -0.480 e. The van der Waals surface area contributed by atoms with Crippen LogP contribution in [0.1, 0.15) is 194 Å². The van der Waals surface area contributed by atoms with Gasteiger partial charge < -0.3 is 25.2 Å². The second kappa shape index (κ2) is 49.6. The average Bonchev–Trinajstić information content (AvgIpc) is 3.32. The lowest BCUT2D eigenvalue weighted by atomic mass is 10.1. The molecular formula is C56H92NO10P. The fourth-order valence-electron chi connectivity index (χ4n) is 6.56. The highest BCUT2D eigenvalue weighted by Crippen LogP contribution is 2.43. The van der Waals surface area contributed by atoms with E-state index in [9.17, 15) is 34.1 Å². The maximum Gasteiger partial charge on any atom is 0.472 e. The quantitative estimate of drug-likeness (QED) is 0.0199. The number of hydrogen-bond acceptors (Lipinski definition) is 8. The van der Waals surface area contributed by atoms with Crippen molar-refractivity contribution >= 4 is 25.7 Å². The Hall–Kier alpha value is -3.86. The number of aliphatic carboxylic acids is 1. The van der Waals surface area contributed by atoms with Crippen LogP contribution in [0.4, 0.5) is 0 Å².